The predicted molar refractivity (Wildman–Crippen MR) is 90.4 cm³/mol. The number of rotatable bonds is 6. The maximum atomic E-state index is 3.68. The molecule has 1 aliphatic heterocycles. The molecule has 1 saturated heterocycles. The van der Waals surface area contributed by atoms with Crippen molar-refractivity contribution in [3.8, 4) is 0 Å². The van der Waals surface area contributed by atoms with E-state index in [-0.39, 0.29) is 0 Å². The smallest absolute Gasteiger partial charge is 0.0375 e. The lowest BCUT2D eigenvalue weighted by atomic mass is 10.1. The van der Waals surface area contributed by atoms with E-state index in [2.05, 4.69) is 63.2 Å². The van der Waals surface area contributed by atoms with Crippen LogP contribution >= 0.6 is 15.9 Å². The van der Waals surface area contributed by atoms with Crippen molar-refractivity contribution in [2.24, 2.45) is 0 Å². The summed E-state index contributed by atoms with van der Waals surface area (Å²) in [5.74, 6) is 0. The van der Waals surface area contributed by atoms with E-state index in [1.165, 1.54) is 41.7 Å². The molecule has 1 aromatic rings. The van der Waals surface area contributed by atoms with E-state index in [0.29, 0.717) is 6.04 Å². The quantitative estimate of drug-likeness (QED) is 0.859. The first kappa shape index (κ1) is 15.8. The van der Waals surface area contributed by atoms with Crippen molar-refractivity contribution in [1.82, 2.24) is 10.2 Å². The summed E-state index contributed by atoms with van der Waals surface area (Å²) in [7, 11) is 4.18. The molecule has 20 heavy (non-hydrogen) atoms. The number of hydrogen-bond donors (Lipinski definition) is 1. The van der Waals surface area contributed by atoms with E-state index < -0.39 is 0 Å². The normalized spacial score (nSPS) is 19.5. The van der Waals surface area contributed by atoms with E-state index in [9.17, 15) is 0 Å². The van der Waals surface area contributed by atoms with Gasteiger partial charge in [-0.1, -0.05) is 28.9 Å². The molecule has 0 bridgehead atoms. The lowest BCUT2D eigenvalue weighted by Crippen LogP contribution is -2.38. The zero-order chi connectivity index (χ0) is 14.5. The van der Waals surface area contributed by atoms with Gasteiger partial charge in [-0.3, -0.25) is 4.90 Å². The van der Waals surface area contributed by atoms with Gasteiger partial charge in [-0.15, -0.1) is 0 Å². The lowest BCUT2D eigenvalue weighted by Gasteiger charge is -2.29. The number of likely N-dealkylation sites (N-methyl/N-ethyl adjacent to an activating group) is 2. The minimum absolute atomic E-state index is 0.709. The van der Waals surface area contributed by atoms with Crippen LogP contribution in [0.4, 0.5) is 5.69 Å². The molecule has 112 valence electrons. The van der Waals surface area contributed by atoms with Crippen LogP contribution in [0.25, 0.3) is 0 Å². The van der Waals surface area contributed by atoms with Crippen LogP contribution in [-0.2, 0) is 6.54 Å². The summed E-state index contributed by atoms with van der Waals surface area (Å²) in [6, 6.07) is 7.37. The van der Waals surface area contributed by atoms with Crippen molar-refractivity contribution in [2.75, 3.05) is 38.6 Å². The maximum Gasteiger partial charge on any atom is 0.0375 e. The topological polar surface area (TPSA) is 18.5 Å². The highest BCUT2D eigenvalue weighted by atomic mass is 79.9. The van der Waals surface area contributed by atoms with Crippen LogP contribution in [0.15, 0.2) is 22.7 Å². The Labute approximate surface area is 131 Å². The molecule has 1 N–H and O–H groups in total. The molecule has 1 heterocycles. The number of likely N-dealkylation sites (tertiary alicyclic amines) is 1. The van der Waals surface area contributed by atoms with Gasteiger partial charge in [-0.05, 0) is 50.7 Å². The first-order valence-corrected chi connectivity index (χ1v) is 8.33. The number of halogens is 1. The minimum atomic E-state index is 0.709. The van der Waals surface area contributed by atoms with Crippen LogP contribution in [0.1, 0.15) is 25.3 Å². The lowest BCUT2D eigenvalue weighted by molar-refractivity contribution is 0.270. The Morgan fingerprint density at radius 3 is 2.90 bits per heavy atom. The van der Waals surface area contributed by atoms with Crippen molar-refractivity contribution < 1.29 is 0 Å². The van der Waals surface area contributed by atoms with Crippen LogP contribution in [0.2, 0.25) is 0 Å². The Balaban J connectivity index is 2.01. The average Bonchev–Trinajstić information content (AvgIpc) is 2.88. The molecule has 4 heteroatoms. The Bertz CT molecular complexity index is 436. The second-order valence-electron chi connectivity index (χ2n) is 5.61. The van der Waals surface area contributed by atoms with Crippen molar-refractivity contribution in [1.29, 1.82) is 0 Å². The highest BCUT2D eigenvalue weighted by Crippen LogP contribution is 2.25. The van der Waals surface area contributed by atoms with Gasteiger partial charge >= 0.3 is 0 Å². The molecule has 2 rings (SSSR count). The minimum Gasteiger partial charge on any atom is -0.373 e. The summed E-state index contributed by atoms with van der Waals surface area (Å²) >= 11 is 3.68. The van der Waals surface area contributed by atoms with Crippen molar-refractivity contribution in [2.45, 2.75) is 32.4 Å². The average molecular weight is 340 g/mol. The van der Waals surface area contributed by atoms with Gasteiger partial charge in [0, 0.05) is 36.3 Å². The molecule has 1 aliphatic rings. The molecule has 1 aromatic carbocycles. The van der Waals surface area contributed by atoms with E-state index in [1.807, 2.05) is 7.05 Å². The molecular weight excluding hydrogens is 314 g/mol. The molecule has 0 aromatic heterocycles. The second-order valence-corrected chi connectivity index (χ2v) is 6.47. The summed E-state index contributed by atoms with van der Waals surface area (Å²) < 4.78 is 1.19. The summed E-state index contributed by atoms with van der Waals surface area (Å²) in [4.78, 5) is 4.98. The molecule has 0 radical (unpaired) electrons. The Morgan fingerprint density at radius 1 is 1.45 bits per heavy atom. The largest absolute Gasteiger partial charge is 0.373 e. The molecular formula is C16H26BrN3. The van der Waals surface area contributed by atoms with Crippen LogP contribution in [0.3, 0.4) is 0 Å². The predicted octanol–water partition coefficient (Wildman–Crippen LogP) is 3.09. The Kier molecular flexibility index (Phi) is 5.87. The van der Waals surface area contributed by atoms with Crippen molar-refractivity contribution >= 4 is 21.6 Å². The molecule has 0 spiro atoms. The first-order chi connectivity index (χ1) is 9.65. The van der Waals surface area contributed by atoms with Gasteiger partial charge in [0.2, 0.25) is 0 Å². The monoisotopic (exact) mass is 339 g/mol. The third kappa shape index (κ3) is 3.74. The van der Waals surface area contributed by atoms with Gasteiger partial charge in [-0.25, -0.2) is 0 Å². The molecule has 1 fully saturated rings. The molecule has 0 amide bonds. The van der Waals surface area contributed by atoms with Crippen LogP contribution in [-0.4, -0.2) is 44.7 Å². The maximum absolute atomic E-state index is 3.68. The van der Waals surface area contributed by atoms with E-state index >= 15 is 0 Å². The number of hydrogen-bond acceptors (Lipinski definition) is 3. The molecule has 1 unspecified atom stereocenters. The van der Waals surface area contributed by atoms with E-state index in [1.54, 1.807) is 0 Å². The zero-order valence-corrected chi connectivity index (χ0v) is 14.4. The Hall–Kier alpha value is -0.580. The number of nitrogens with one attached hydrogen (secondary N) is 1. The highest BCUT2D eigenvalue weighted by Gasteiger charge is 2.24. The van der Waals surface area contributed by atoms with Gasteiger partial charge in [0.15, 0.2) is 0 Å². The fourth-order valence-corrected chi connectivity index (χ4v) is 3.55. The van der Waals surface area contributed by atoms with Gasteiger partial charge in [-0.2, -0.15) is 0 Å². The molecule has 0 aliphatic carbocycles. The van der Waals surface area contributed by atoms with Crippen molar-refractivity contribution in [3.63, 3.8) is 0 Å². The SMILES string of the molecule is CCN1CCCC1CN(C)c1ccc(CNC)c(Br)c1. The van der Waals surface area contributed by atoms with Gasteiger partial charge in [0.25, 0.3) is 0 Å². The van der Waals surface area contributed by atoms with Gasteiger partial charge in [0.1, 0.15) is 0 Å². The summed E-state index contributed by atoms with van der Waals surface area (Å²) in [6.45, 7) is 6.72. The third-order valence-electron chi connectivity index (χ3n) is 4.23. The number of anilines is 1. The molecule has 0 saturated carbocycles. The summed E-state index contributed by atoms with van der Waals surface area (Å²) in [5, 5.41) is 3.20. The summed E-state index contributed by atoms with van der Waals surface area (Å²) in [6.07, 6.45) is 2.67. The van der Waals surface area contributed by atoms with Gasteiger partial charge in [0.05, 0.1) is 0 Å². The fraction of sp³-hybridized carbons (Fsp3) is 0.625. The third-order valence-corrected chi connectivity index (χ3v) is 4.97. The highest BCUT2D eigenvalue weighted by molar-refractivity contribution is 9.10. The molecule has 1 atom stereocenters. The standard InChI is InChI=1S/C16H26BrN3/c1-4-20-9-5-6-15(20)12-19(3)14-8-7-13(11-18-2)16(17)10-14/h7-8,10,15,18H,4-6,9,11-12H2,1-3H3. The van der Waals surface area contributed by atoms with Crippen LogP contribution in [0, 0.1) is 0 Å². The van der Waals surface area contributed by atoms with E-state index in [0.717, 1.165) is 13.1 Å². The number of benzene rings is 1. The zero-order valence-electron chi connectivity index (χ0n) is 12.8. The van der Waals surface area contributed by atoms with Crippen LogP contribution in [0.5, 0.6) is 0 Å². The van der Waals surface area contributed by atoms with Gasteiger partial charge < -0.3 is 10.2 Å². The van der Waals surface area contributed by atoms with Crippen LogP contribution < -0.4 is 10.2 Å². The number of nitrogens with zero attached hydrogens (tertiary/aromatic N) is 2. The first-order valence-electron chi connectivity index (χ1n) is 7.54. The molecule has 3 nitrogen and oxygen atoms in total. The summed E-state index contributed by atoms with van der Waals surface area (Å²) in [5.41, 5.74) is 2.60. The second kappa shape index (κ2) is 7.43. The Morgan fingerprint density at radius 2 is 2.25 bits per heavy atom. The van der Waals surface area contributed by atoms with Crippen molar-refractivity contribution in [3.05, 3.63) is 28.2 Å². The van der Waals surface area contributed by atoms with E-state index in [4.69, 9.17) is 0 Å². The fourth-order valence-electron chi connectivity index (χ4n) is 3.05.